The minimum Gasteiger partial charge on any atom is -0.481 e. The Hall–Kier alpha value is -1.63. The fourth-order valence-corrected chi connectivity index (χ4v) is 2.03. The summed E-state index contributed by atoms with van der Waals surface area (Å²) in [7, 11) is 0. The number of carboxylic acids is 1. The van der Waals surface area contributed by atoms with E-state index < -0.39 is 5.97 Å². The number of aromatic nitrogens is 2. The summed E-state index contributed by atoms with van der Waals surface area (Å²) in [5, 5.41) is 11.2. The maximum absolute atomic E-state index is 12.0. The number of carboxylic acid groups (broad SMARTS) is 1. The molecule has 2 N–H and O–H groups in total. The SMILES string of the molecule is CC(C)c1ncncc1C(=O)NCCSCC(=O)O. The quantitative estimate of drug-likeness (QED) is 0.729. The highest BCUT2D eigenvalue weighted by atomic mass is 32.2. The molecule has 1 heterocycles. The second kappa shape index (κ2) is 7.73. The fraction of sp³-hybridized carbons (Fsp3) is 0.500. The molecule has 0 aromatic carbocycles. The first-order valence-electron chi connectivity index (χ1n) is 5.90. The first-order valence-corrected chi connectivity index (χ1v) is 7.05. The van der Waals surface area contributed by atoms with Crippen LogP contribution in [-0.4, -0.2) is 45.0 Å². The molecule has 0 saturated heterocycles. The Morgan fingerprint density at radius 1 is 1.47 bits per heavy atom. The molecule has 0 aliphatic heterocycles. The van der Waals surface area contributed by atoms with Gasteiger partial charge < -0.3 is 10.4 Å². The van der Waals surface area contributed by atoms with Crippen LogP contribution in [0.15, 0.2) is 12.5 Å². The number of aliphatic carboxylic acids is 1. The van der Waals surface area contributed by atoms with Crippen LogP contribution in [0.3, 0.4) is 0 Å². The second-order valence-corrected chi connectivity index (χ2v) is 5.28. The summed E-state index contributed by atoms with van der Waals surface area (Å²) in [6.07, 6.45) is 2.93. The molecule has 0 radical (unpaired) electrons. The topological polar surface area (TPSA) is 92.2 Å². The van der Waals surface area contributed by atoms with E-state index in [1.165, 1.54) is 24.3 Å². The first kappa shape index (κ1) is 15.4. The summed E-state index contributed by atoms with van der Waals surface area (Å²) in [5.41, 5.74) is 1.19. The standard InChI is InChI=1S/C12H17N3O3S/c1-8(2)11-9(5-13-7-15-11)12(18)14-3-4-19-6-10(16)17/h5,7-8H,3-4,6H2,1-2H3,(H,14,18)(H,16,17). The van der Waals surface area contributed by atoms with Crippen LogP contribution in [0.25, 0.3) is 0 Å². The van der Waals surface area contributed by atoms with Gasteiger partial charge in [-0.1, -0.05) is 13.8 Å². The van der Waals surface area contributed by atoms with Gasteiger partial charge in [-0.25, -0.2) is 9.97 Å². The summed E-state index contributed by atoms with van der Waals surface area (Å²) in [6, 6.07) is 0. The number of thioether (sulfide) groups is 1. The van der Waals surface area contributed by atoms with Gasteiger partial charge in [0, 0.05) is 18.5 Å². The fourth-order valence-electron chi connectivity index (χ4n) is 1.47. The predicted octanol–water partition coefficient (Wildman–Crippen LogP) is 1.15. The summed E-state index contributed by atoms with van der Waals surface area (Å²) >= 11 is 1.26. The van der Waals surface area contributed by atoms with Crippen LogP contribution < -0.4 is 5.32 Å². The van der Waals surface area contributed by atoms with Crippen LogP contribution in [0.5, 0.6) is 0 Å². The molecule has 0 fully saturated rings. The molecule has 0 aliphatic carbocycles. The van der Waals surface area contributed by atoms with Crippen molar-refractivity contribution in [3.8, 4) is 0 Å². The molecule has 1 rings (SSSR count). The van der Waals surface area contributed by atoms with Crippen molar-refractivity contribution in [2.75, 3.05) is 18.1 Å². The third-order valence-corrected chi connectivity index (χ3v) is 3.24. The lowest BCUT2D eigenvalue weighted by atomic mass is 10.1. The average molecular weight is 283 g/mol. The number of hydrogen-bond acceptors (Lipinski definition) is 5. The molecule has 19 heavy (non-hydrogen) atoms. The number of rotatable bonds is 7. The molecule has 0 saturated carbocycles. The molecule has 0 spiro atoms. The Bertz CT molecular complexity index is 452. The van der Waals surface area contributed by atoms with E-state index in [2.05, 4.69) is 15.3 Å². The van der Waals surface area contributed by atoms with Crippen LogP contribution in [0.1, 0.15) is 35.8 Å². The van der Waals surface area contributed by atoms with Crippen molar-refractivity contribution in [1.29, 1.82) is 0 Å². The van der Waals surface area contributed by atoms with E-state index in [1.54, 1.807) is 0 Å². The molecular formula is C12H17N3O3S. The van der Waals surface area contributed by atoms with Crippen LogP contribution in [0.2, 0.25) is 0 Å². The van der Waals surface area contributed by atoms with Gasteiger partial charge in [0.25, 0.3) is 5.91 Å². The Morgan fingerprint density at radius 2 is 2.21 bits per heavy atom. The van der Waals surface area contributed by atoms with E-state index in [1.807, 2.05) is 13.8 Å². The molecule has 6 nitrogen and oxygen atoms in total. The summed E-state index contributed by atoms with van der Waals surface area (Å²) in [4.78, 5) is 30.2. The van der Waals surface area contributed by atoms with E-state index in [9.17, 15) is 9.59 Å². The molecule has 0 bridgehead atoms. The van der Waals surface area contributed by atoms with E-state index >= 15 is 0 Å². The smallest absolute Gasteiger partial charge is 0.313 e. The maximum Gasteiger partial charge on any atom is 0.313 e. The van der Waals surface area contributed by atoms with Gasteiger partial charge in [0.15, 0.2) is 0 Å². The largest absolute Gasteiger partial charge is 0.481 e. The maximum atomic E-state index is 12.0. The zero-order valence-electron chi connectivity index (χ0n) is 10.9. The number of nitrogens with zero attached hydrogens (tertiary/aromatic N) is 2. The lowest BCUT2D eigenvalue weighted by Gasteiger charge is -2.10. The van der Waals surface area contributed by atoms with Crippen molar-refractivity contribution in [2.45, 2.75) is 19.8 Å². The van der Waals surface area contributed by atoms with Crippen LogP contribution in [-0.2, 0) is 4.79 Å². The van der Waals surface area contributed by atoms with Gasteiger partial charge in [0.2, 0.25) is 0 Å². The van der Waals surface area contributed by atoms with Gasteiger partial charge in [-0.3, -0.25) is 9.59 Å². The molecule has 0 unspecified atom stereocenters. The molecule has 0 aliphatic rings. The molecular weight excluding hydrogens is 266 g/mol. The van der Waals surface area contributed by atoms with Gasteiger partial charge >= 0.3 is 5.97 Å². The van der Waals surface area contributed by atoms with Gasteiger partial charge in [-0.2, -0.15) is 0 Å². The Kier molecular flexibility index (Phi) is 6.27. The highest BCUT2D eigenvalue weighted by molar-refractivity contribution is 7.99. The molecule has 1 amide bonds. The minimum absolute atomic E-state index is 0.0432. The van der Waals surface area contributed by atoms with E-state index in [0.717, 1.165) is 0 Å². The third-order valence-electron chi connectivity index (χ3n) is 2.29. The predicted molar refractivity (Wildman–Crippen MR) is 73.4 cm³/mol. The summed E-state index contributed by atoms with van der Waals surface area (Å²) < 4.78 is 0. The van der Waals surface area contributed by atoms with E-state index in [-0.39, 0.29) is 17.6 Å². The third kappa shape index (κ3) is 5.25. The molecule has 104 valence electrons. The van der Waals surface area contributed by atoms with Crippen molar-refractivity contribution in [3.05, 3.63) is 23.8 Å². The molecule has 7 heteroatoms. The number of carbonyl (C=O) groups is 2. The van der Waals surface area contributed by atoms with Crippen LogP contribution in [0, 0.1) is 0 Å². The molecule has 1 aromatic heterocycles. The van der Waals surface area contributed by atoms with Crippen molar-refractivity contribution in [3.63, 3.8) is 0 Å². The molecule has 0 atom stereocenters. The number of hydrogen-bond donors (Lipinski definition) is 2. The van der Waals surface area contributed by atoms with Gasteiger partial charge in [-0.15, -0.1) is 11.8 Å². The monoisotopic (exact) mass is 283 g/mol. The van der Waals surface area contributed by atoms with Gasteiger partial charge in [0.1, 0.15) is 6.33 Å². The Balaban J connectivity index is 2.48. The second-order valence-electron chi connectivity index (χ2n) is 4.18. The molecule has 1 aromatic rings. The van der Waals surface area contributed by atoms with Crippen molar-refractivity contribution < 1.29 is 14.7 Å². The van der Waals surface area contributed by atoms with Crippen molar-refractivity contribution in [2.24, 2.45) is 0 Å². The van der Waals surface area contributed by atoms with Crippen LogP contribution in [0.4, 0.5) is 0 Å². The Labute approximate surface area is 116 Å². The summed E-state index contributed by atoms with van der Waals surface area (Å²) in [5.74, 6) is -0.329. The number of carbonyl (C=O) groups excluding carboxylic acids is 1. The highest BCUT2D eigenvalue weighted by Gasteiger charge is 2.14. The summed E-state index contributed by atoms with van der Waals surface area (Å²) in [6.45, 7) is 4.34. The average Bonchev–Trinajstić information content (AvgIpc) is 2.37. The zero-order valence-corrected chi connectivity index (χ0v) is 11.7. The first-order chi connectivity index (χ1) is 9.02. The van der Waals surface area contributed by atoms with E-state index in [4.69, 9.17) is 5.11 Å². The lowest BCUT2D eigenvalue weighted by Crippen LogP contribution is -2.27. The van der Waals surface area contributed by atoms with Crippen molar-refractivity contribution in [1.82, 2.24) is 15.3 Å². The Morgan fingerprint density at radius 3 is 2.84 bits per heavy atom. The van der Waals surface area contributed by atoms with Gasteiger partial charge in [0.05, 0.1) is 17.0 Å². The minimum atomic E-state index is -0.852. The normalized spacial score (nSPS) is 10.5. The van der Waals surface area contributed by atoms with Crippen LogP contribution >= 0.6 is 11.8 Å². The lowest BCUT2D eigenvalue weighted by molar-refractivity contribution is -0.133. The van der Waals surface area contributed by atoms with Gasteiger partial charge in [-0.05, 0) is 5.92 Å². The highest BCUT2D eigenvalue weighted by Crippen LogP contribution is 2.15. The number of amides is 1. The van der Waals surface area contributed by atoms with E-state index in [0.29, 0.717) is 23.6 Å². The zero-order chi connectivity index (χ0) is 14.3. The van der Waals surface area contributed by atoms with Crippen molar-refractivity contribution >= 4 is 23.6 Å². The number of nitrogens with one attached hydrogen (secondary N) is 1.